The van der Waals surface area contributed by atoms with Crippen LogP contribution in [-0.2, 0) is 24.5 Å². The lowest BCUT2D eigenvalue weighted by atomic mass is 10.0. The molecule has 0 fully saturated rings. The summed E-state index contributed by atoms with van der Waals surface area (Å²) < 4.78 is 72.0. The van der Waals surface area contributed by atoms with E-state index in [1.165, 1.54) is 10.6 Å². The maximum absolute atomic E-state index is 14.6. The third kappa shape index (κ3) is 6.31. The van der Waals surface area contributed by atoms with Crippen LogP contribution in [0, 0.1) is 25.5 Å². The van der Waals surface area contributed by atoms with Crippen molar-refractivity contribution in [2.75, 3.05) is 13.2 Å². The zero-order valence-corrected chi connectivity index (χ0v) is 24.3. The normalized spacial score (nSPS) is 11.4. The van der Waals surface area contributed by atoms with Crippen LogP contribution in [0.3, 0.4) is 0 Å². The molecule has 0 aliphatic carbocycles. The number of hydrogen-bond donors (Lipinski definition) is 3. The Morgan fingerprint density at radius 3 is 2.37 bits per heavy atom. The number of hydrogen-bond acceptors (Lipinski definition) is 7. The van der Waals surface area contributed by atoms with Gasteiger partial charge in [0.25, 0.3) is 5.56 Å². The van der Waals surface area contributed by atoms with Crippen LogP contribution in [0.15, 0.2) is 70.0 Å². The van der Waals surface area contributed by atoms with Gasteiger partial charge in [0.05, 0.1) is 12.0 Å². The molecule has 0 amide bonds. The van der Waals surface area contributed by atoms with Crippen molar-refractivity contribution in [2.45, 2.75) is 20.4 Å². The Hall–Kier alpha value is -4.52. The zero-order chi connectivity index (χ0) is 30.8. The van der Waals surface area contributed by atoms with Gasteiger partial charge in [0, 0.05) is 42.5 Å². The lowest BCUT2D eigenvalue weighted by molar-refractivity contribution is 0.200. The van der Waals surface area contributed by atoms with Gasteiger partial charge in [0.1, 0.15) is 35.3 Å². The summed E-state index contributed by atoms with van der Waals surface area (Å²) in [5, 5.41) is 9.42. The van der Waals surface area contributed by atoms with Gasteiger partial charge in [-0.25, -0.2) is 21.9 Å². The number of aliphatic hydroxyl groups excluding tert-OH is 1. The number of rotatable bonds is 10. The Morgan fingerprint density at radius 1 is 0.977 bits per heavy atom. The van der Waals surface area contributed by atoms with Crippen LogP contribution in [-0.4, -0.2) is 31.3 Å². The molecule has 43 heavy (non-hydrogen) atoms. The van der Waals surface area contributed by atoms with Crippen LogP contribution in [0.2, 0.25) is 0 Å². The summed E-state index contributed by atoms with van der Waals surface area (Å²) in [6.45, 7) is 3.73. The first-order valence-electron chi connectivity index (χ1n) is 13.2. The van der Waals surface area contributed by atoms with Gasteiger partial charge in [-0.05, 0) is 73.0 Å². The monoisotopic (exact) mass is 610 g/mol. The van der Waals surface area contributed by atoms with E-state index in [1.54, 1.807) is 31.4 Å². The van der Waals surface area contributed by atoms with Gasteiger partial charge < -0.3 is 23.6 Å². The summed E-state index contributed by atoms with van der Waals surface area (Å²) >= 11 is 0. The van der Waals surface area contributed by atoms with Crippen LogP contribution in [0.5, 0.6) is 17.2 Å². The molecule has 0 radical (unpaired) electrons. The SMILES string of the molecule is Cc1cc(-c2cc3c(=O)n(C)cc(-c4cc(CN[SH](=O)=O)ccc4Oc4ccc(F)cc4F)c3o2)cc(C)c1OCCO. The second-order valence-electron chi connectivity index (χ2n) is 9.92. The first-order valence-corrected chi connectivity index (χ1v) is 14.4. The minimum Gasteiger partial charge on any atom is -0.491 e. The fourth-order valence-corrected chi connectivity index (χ4v) is 5.18. The van der Waals surface area contributed by atoms with Gasteiger partial charge in [0.2, 0.25) is 10.9 Å². The van der Waals surface area contributed by atoms with E-state index in [0.29, 0.717) is 39.8 Å². The number of furan rings is 1. The number of pyridine rings is 1. The first kappa shape index (κ1) is 30.0. The highest BCUT2D eigenvalue weighted by Gasteiger charge is 2.21. The summed E-state index contributed by atoms with van der Waals surface area (Å²) in [5.74, 6) is -0.691. The second kappa shape index (κ2) is 12.4. The maximum Gasteiger partial charge on any atom is 0.261 e. The molecule has 12 heteroatoms. The van der Waals surface area contributed by atoms with Crippen LogP contribution in [0.25, 0.3) is 33.4 Å². The lowest BCUT2D eigenvalue weighted by Crippen LogP contribution is -2.16. The molecule has 224 valence electrons. The van der Waals surface area contributed by atoms with Gasteiger partial charge in [-0.3, -0.25) is 4.79 Å². The van der Waals surface area contributed by atoms with Crippen molar-refractivity contribution < 1.29 is 36.2 Å². The number of halogens is 2. The number of aliphatic hydroxyl groups is 1. The zero-order valence-electron chi connectivity index (χ0n) is 23.4. The number of nitrogens with zero attached hydrogens (tertiary/aromatic N) is 1. The molecule has 0 saturated heterocycles. The molecule has 2 heterocycles. The van der Waals surface area contributed by atoms with Crippen molar-refractivity contribution in [3.8, 4) is 39.7 Å². The molecule has 5 aromatic rings. The smallest absolute Gasteiger partial charge is 0.261 e. The van der Waals surface area contributed by atoms with Crippen molar-refractivity contribution in [3.63, 3.8) is 0 Å². The van der Waals surface area contributed by atoms with Crippen molar-refractivity contribution in [1.82, 2.24) is 9.29 Å². The fraction of sp³-hybridized carbons (Fsp3) is 0.194. The predicted molar refractivity (Wildman–Crippen MR) is 158 cm³/mol. The summed E-state index contributed by atoms with van der Waals surface area (Å²) in [5.41, 5.74) is 3.59. The van der Waals surface area contributed by atoms with Gasteiger partial charge >= 0.3 is 0 Å². The molecule has 0 aliphatic heterocycles. The van der Waals surface area contributed by atoms with Crippen LogP contribution in [0.1, 0.15) is 16.7 Å². The molecule has 0 aliphatic rings. The van der Waals surface area contributed by atoms with E-state index in [0.717, 1.165) is 23.3 Å². The fourth-order valence-electron chi connectivity index (χ4n) is 4.87. The van der Waals surface area contributed by atoms with E-state index in [1.807, 2.05) is 26.0 Å². The highest BCUT2D eigenvalue weighted by Crippen LogP contribution is 2.40. The topological polar surface area (TPSA) is 120 Å². The lowest BCUT2D eigenvalue weighted by Gasteiger charge is -2.15. The van der Waals surface area contributed by atoms with Crippen LogP contribution >= 0.6 is 0 Å². The molecule has 2 N–H and O–H groups in total. The third-order valence-corrected chi connectivity index (χ3v) is 7.21. The molecule has 0 unspecified atom stereocenters. The maximum atomic E-state index is 14.6. The molecular weight excluding hydrogens is 582 g/mol. The van der Waals surface area contributed by atoms with E-state index in [2.05, 4.69) is 4.72 Å². The van der Waals surface area contributed by atoms with Gasteiger partial charge in [0.15, 0.2) is 11.6 Å². The number of fused-ring (bicyclic) bond motifs is 1. The van der Waals surface area contributed by atoms with E-state index >= 15 is 0 Å². The van der Waals surface area contributed by atoms with Crippen LogP contribution < -0.4 is 19.8 Å². The predicted octanol–water partition coefficient (Wildman–Crippen LogP) is 5.14. The van der Waals surface area contributed by atoms with Crippen molar-refractivity contribution in [2.24, 2.45) is 7.05 Å². The molecule has 0 spiro atoms. The molecule has 0 atom stereocenters. The Morgan fingerprint density at radius 2 is 1.70 bits per heavy atom. The van der Waals surface area contributed by atoms with E-state index in [4.69, 9.17) is 19.0 Å². The third-order valence-electron chi connectivity index (χ3n) is 6.79. The highest BCUT2D eigenvalue weighted by atomic mass is 32.2. The van der Waals surface area contributed by atoms with Crippen molar-refractivity contribution >= 4 is 21.9 Å². The largest absolute Gasteiger partial charge is 0.491 e. The number of ether oxygens (including phenoxy) is 2. The molecule has 3 aromatic carbocycles. The number of thiol groups is 1. The van der Waals surface area contributed by atoms with E-state index in [9.17, 15) is 22.0 Å². The summed E-state index contributed by atoms with van der Waals surface area (Å²) in [4.78, 5) is 13.2. The summed E-state index contributed by atoms with van der Waals surface area (Å²) in [6.07, 6.45) is 1.55. The summed E-state index contributed by atoms with van der Waals surface area (Å²) in [6, 6.07) is 13.0. The Balaban J connectivity index is 1.69. The van der Waals surface area contributed by atoms with Gasteiger partial charge in [-0.15, -0.1) is 0 Å². The first-order chi connectivity index (χ1) is 20.5. The van der Waals surface area contributed by atoms with Crippen molar-refractivity contribution in [1.29, 1.82) is 0 Å². The highest BCUT2D eigenvalue weighted by molar-refractivity contribution is 7.70. The number of benzene rings is 3. The number of nitrogens with one attached hydrogen (secondary N) is 1. The molecule has 0 bridgehead atoms. The number of aryl methyl sites for hydroxylation is 3. The number of aromatic nitrogens is 1. The second-order valence-corrected chi connectivity index (χ2v) is 10.8. The van der Waals surface area contributed by atoms with Crippen molar-refractivity contribution in [3.05, 3.63) is 99.5 Å². The molecule has 2 aromatic heterocycles. The molecule has 9 nitrogen and oxygen atoms in total. The standard InChI is InChI=1S/C31H28F2N2O7S/c1-17-10-20(11-18(2)29(17)40-9-8-36)28-14-23-30(42-28)24(16-35(3)31(23)37)22-12-19(15-34-43(38)39)4-6-26(22)41-27-7-5-21(32)13-25(27)33/h4-7,10-14,16,36,43H,8-9,15H2,1-3H3,(H,34,38,39). The molecule has 0 saturated carbocycles. The average Bonchev–Trinajstić information content (AvgIpc) is 3.41. The Labute approximate surface area is 247 Å². The molecular formula is C31H28F2N2O7S. The van der Waals surface area contributed by atoms with Gasteiger partial charge in [-0.2, -0.15) is 0 Å². The minimum absolute atomic E-state index is 0.0293. The Bertz CT molecular complexity index is 1950. The summed E-state index contributed by atoms with van der Waals surface area (Å²) in [7, 11) is -1.29. The molecule has 5 rings (SSSR count). The van der Waals surface area contributed by atoms with E-state index < -0.39 is 22.5 Å². The van der Waals surface area contributed by atoms with Gasteiger partial charge in [-0.1, -0.05) is 6.07 Å². The minimum atomic E-state index is -2.87. The van der Waals surface area contributed by atoms with E-state index in [-0.39, 0.29) is 47.8 Å². The van der Waals surface area contributed by atoms with Crippen LogP contribution in [0.4, 0.5) is 8.78 Å². The quantitative estimate of drug-likeness (QED) is 0.187. The Kier molecular flexibility index (Phi) is 8.62. The average molecular weight is 611 g/mol.